The van der Waals surface area contributed by atoms with Crippen molar-refractivity contribution in [2.24, 2.45) is 0 Å². The monoisotopic (exact) mass is 376 g/mol. The van der Waals surface area contributed by atoms with Crippen molar-refractivity contribution in [2.75, 3.05) is 25.5 Å². The number of carbonyl (C=O) groups is 1. The fourth-order valence-electron chi connectivity index (χ4n) is 2.88. The average Bonchev–Trinajstić information content (AvgIpc) is 2.66. The van der Waals surface area contributed by atoms with E-state index in [-0.39, 0.29) is 16.2 Å². The number of hydrogen-bond acceptors (Lipinski definition) is 6. The summed E-state index contributed by atoms with van der Waals surface area (Å²) < 4.78 is 38.1. The molecule has 0 spiro atoms. The first-order valence-corrected chi connectivity index (χ1v) is 9.54. The van der Waals surface area contributed by atoms with Crippen LogP contribution in [-0.2, 0) is 27.7 Å². The molecule has 3 rings (SSSR count). The van der Waals surface area contributed by atoms with E-state index >= 15 is 0 Å². The summed E-state index contributed by atoms with van der Waals surface area (Å²) in [7, 11) is -1.34. The predicted octanol–water partition coefficient (Wildman–Crippen LogP) is 1.93. The molecule has 0 unspecified atom stereocenters. The van der Waals surface area contributed by atoms with Crippen LogP contribution < -0.4 is 14.8 Å². The third-order valence-electron chi connectivity index (χ3n) is 4.22. The molecule has 2 aromatic carbocycles. The van der Waals surface area contributed by atoms with Crippen molar-refractivity contribution in [3.63, 3.8) is 0 Å². The number of fused-ring (bicyclic) bond motifs is 1. The van der Waals surface area contributed by atoms with Gasteiger partial charge in [-0.25, -0.2) is 13.2 Å². The van der Waals surface area contributed by atoms with Crippen LogP contribution in [0, 0.1) is 0 Å². The molecule has 0 bridgehead atoms. The van der Waals surface area contributed by atoms with Gasteiger partial charge in [0.1, 0.15) is 10.6 Å². The SMILES string of the molecule is COC(=O)c1ccc(OC)c(S(=O)(=O)Nc2ccc3c(c2)CCNC3)c1. The molecule has 8 heteroatoms. The van der Waals surface area contributed by atoms with E-state index in [0.717, 1.165) is 30.6 Å². The number of sulfonamides is 1. The molecule has 2 N–H and O–H groups in total. The van der Waals surface area contributed by atoms with Gasteiger partial charge in [-0.3, -0.25) is 4.72 Å². The number of ether oxygens (including phenoxy) is 2. The number of anilines is 1. The topological polar surface area (TPSA) is 93.7 Å². The third-order valence-corrected chi connectivity index (χ3v) is 5.62. The van der Waals surface area contributed by atoms with Gasteiger partial charge in [-0.1, -0.05) is 6.07 Å². The smallest absolute Gasteiger partial charge is 0.337 e. The molecule has 0 saturated carbocycles. The van der Waals surface area contributed by atoms with E-state index in [1.807, 2.05) is 12.1 Å². The second-order valence-corrected chi connectivity index (χ2v) is 7.52. The van der Waals surface area contributed by atoms with Crippen molar-refractivity contribution in [1.82, 2.24) is 5.32 Å². The molecule has 0 aliphatic carbocycles. The molecule has 0 amide bonds. The maximum Gasteiger partial charge on any atom is 0.337 e. The van der Waals surface area contributed by atoms with E-state index in [0.29, 0.717) is 5.69 Å². The Morgan fingerprint density at radius 3 is 2.65 bits per heavy atom. The lowest BCUT2D eigenvalue weighted by molar-refractivity contribution is 0.0600. The second kappa shape index (κ2) is 7.35. The van der Waals surface area contributed by atoms with Crippen LogP contribution in [-0.4, -0.2) is 35.2 Å². The molecule has 1 aliphatic rings. The number of methoxy groups -OCH3 is 2. The zero-order valence-corrected chi connectivity index (χ0v) is 15.4. The zero-order chi connectivity index (χ0) is 18.7. The van der Waals surface area contributed by atoms with Crippen LogP contribution in [0.4, 0.5) is 5.69 Å². The first-order chi connectivity index (χ1) is 12.4. The minimum Gasteiger partial charge on any atom is -0.495 e. The van der Waals surface area contributed by atoms with Gasteiger partial charge in [0.05, 0.1) is 19.8 Å². The Hall–Kier alpha value is -2.58. The van der Waals surface area contributed by atoms with Crippen molar-refractivity contribution < 1.29 is 22.7 Å². The molecule has 2 aromatic rings. The lowest BCUT2D eigenvalue weighted by Gasteiger charge is -2.18. The normalized spacial score (nSPS) is 13.6. The molecule has 0 fully saturated rings. The van der Waals surface area contributed by atoms with Crippen molar-refractivity contribution >= 4 is 21.7 Å². The van der Waals surface area contributed by atoms with E-state index < -0.39 is 16.0 Å². The molecule has 1 heterocycles. The average molecular weight is 376 g/mol. The summed E-state index contributed by atoms with van der Waals surface area (Å²) in [5, 5.41) is 3.27. The third kappa shape index (κ3) is 3.66. The van der Waals surface area contributed by atoms with Crippen molar-refractivity contribution in [3.8, 4) is 5.75 Å². The summed E-state index contributed by atoms with van der Waals surface area (Å²) in [6.45, 7) is 1.63. The van der Waals surface area contributed by atoms with Crippen LogP contribution in [0.3, 0.4) is 0 Å². The number of nitrogens with one attached hydrogen (secondary N) is 2. The fraction of sp³-hybridized carbons (Fsp3) is 0.278. The van der Waals surface area contributed by atoms with Crippen LogP contribution in [0.1, 0.15) is 21.5 Å². The van der Waals surface area contributed by atoms with Crippen molar-refractivity contribution in [3.05, 3.63) is 53.1 Å². The molecule has 7 nitrogen and oxygen atoms in total. The highest BCUT2D eigenvalue weighted by atomic mass is 32.2. The Labute approximate surface area is 152 Å². The number of rotatable bonds is 5. The molecule has 138 valence electrons. The Bertz CT molecular complexity index is 941. The van der Waals surface area contributed by atoms with Gasteiger partial charge < -0.3 is 14.8 Å². The van der Waals surface area contributed by atoms with Crippen LogP contribution in [0.2, 0.25) is 0 Å². The van der Waals surface area contributed by atoms with Gasteiger partial charge in [0.15, 0.2) is 0 Å². The van der Waals surface area contributed by atoms with E-state index in [4.69, 9.17) is 4.74 Å². The first kappa shape index (κ1) is 18.2. The molecule has 26 heavy (non-hydrogen) atoms. The summed E-state index contributed by atoms with van der Waals surface area (Å²) in [5.41, 5.74) is 2.87. The maximum atomic E-state index is 12.9. The molecule has 0 radical (unpaired) electrons. The van der Waals surface area contributed by atoms with E-state index in [1.54, 1.807) is 6.07 Å². The van der Waals surface area contributed by atoms with Crippen LogP contribution >= 0.6 is 0 Å². The van der Waals surface area contributed by atoms with Gasteiger partial charge >= 0.3 is 5.97 Å². The van der Waals surface area contributed by atoms with E-state index in [2.05, 4.69) is 14.8 Å². The summed E-state index contributed by atoms with van der Waals surface area (Å²) in [4.78, 5) is 11.6. The summed E-state index contributed by atoms with van der Waals surface area (Å²) >= 11 is 0. The minimum absolute atomic E-state index is 0.123. The fourth-order valence-corrected chi connectivity index (χ4v) is 4.13. The van der Waals surface area contributed by atoms with Crippen LogP contribution in [0.25, 0.3) is 0 Å². The summed E-state index contributed by atoms with van der Waals surface area (Å²) in [5.74, 6) is -0.474. The molecule has 0 saturated heterocycles. The Kier molecular flexibility index (Phi) is 5.15. The summed E-state index contributed by atoms with van der Waals surface area (Å²) in [6.07, 6.45) is 0.839. The quantitative estimate of drug-likeness (QED) is 0.775. The number of carbonyl (C=O) groups excluding carboxylic acids is 1. The highest BCUT2D eigenvalue weighted by Crippen LogP contribution is 2.28. The Balaban J connectivity index is 1.96. The largest absolute Gasteiger partial charge is 0.495 e. The van der Waals surface area contributed by atoms with E-state index in [9.17, 15) is 13.2 Å². The van der Waals surface area contributed by atoms with Gasteiger partial charge in [0.25, 0.3) is 10.0 Å². The van der Waals surface area contributed by atoms with Gasteiger partial charge in [0.2, 0.25) is 0 Å². The van der Waals surface area contributed by atoms with E-state index in [1.165, 1.54) is 32.4 Å². The maximum absolute atomic E-state index is 12.9. The summed E-state index contributed by atoms with van der Waals surface area (Å²) in [6, 6.07) is 9.59. The van der Waals surface area contributed by atoms with Crippen LogP contribution in [0.15, 0.2) is 41.3 Å². The second-order valence-electron chi connectivity index (χ2n) is 5.87. The Morgan fingerprint density at radius 1 is 1.12 bits per heavy atom. The lowest BCUT2D eigenvalue weighted by Crippen LogP contribution is -2.23. The number of esters is 1. The molecular weight excluding hydrogens is 356 g/mol. The van der Waals surface area contributed by atoms with Gasteiger partial charge in [-0.2, -0.15) is 0 Å². The Morgan fingerprint density at radius 2 is 1.92 bits per heavy atom. The standard InChI is InChI=1S/C18H20N2O5S/c1-24-16-6-4-13(18(21)25-2)10-17(16)26(22,23)20-15-5-3-14-11-19-8-7-12(14)9-15/h3-6,9-10,19-20H,7-8,11H2,1-2H3. The highest BCUT2D eigenvalue weighted by Gasteiger charge is 2.22. The van der Waals surface area contributed by atoms with Crippen molar-refractivity contribution in [2.45, 2.75) is 17.9 Å². The molecule has 1 aliphatic heterocycles. The zero-order valence-electron chi connectivity index (χ0n) is 14.5. The minimum atomic E-state index is -3.95. The first-order valence-electron chi connectivity index (χ1n) is 8.06. The van der Waals surface area contributed by atoms with Crippen molar-refractivity contribution in [1.29, 1.82) is 0 Å². The number of benzene rings is 2. The van der Waals surface area contributed by atoms with Gasteiger partial charge in [-0.15, -0.1) is 0 Å². The van der Waals surface area contributed by atoms with Crippen LogP contribution in [0.5, 0.6) is 5.75 Å². The molecule has 0 aromatic heterocycles. The highest BCUT2D eigenvalue weighted by molar-refractivity contribution is 7.92. The van der Waals surface area contributed by atoms with Gasteiger partial charge in [-0.05, 0) is 54.4 Å². The molecular formula is C18H20N2O5S. The van der Waals surface area contributed by atoms with Gasteiger partial charge in [0, 0.05) is 12.2 Å². The predicted molar refractivity (Wildman–Crippen MR) is 97.0 cm³/mol. The lowest BCUT2D eigenvalue weighted by atomic mass is 10.0. The number of hydrogen-bond donors (Lipinski definition) is 2. The molecule has 0 atom stereocenters.